The summed E-state index contributed by atoms with van der Waals surface area (Å²) in [5, 5.41) is 6.26. The number of likely N-dealkylation sites (tertiary alicyclic amines) is 1. The molecule has 2 atom stereocenters. The zero-order chi connectivity index (χ0) is 15.3. The third-order valence-corrected chi connectivity index (χ3v) is 4.84. The first-order valence-electron chi connectivity index (χ1n) is 8.39. The van der Waals surface area contributed by atoms with Gasteiger partial charge in [-0.1, -0.05) is 13.3 Å². The molecule has 2 unspecified atom stereocenters. The Kier molecular flexibility index (Phi) is 5.62. The number of hydrogen-bond acceptors (Lipinski definition) is 3. The predicted molar refractivity (Wildman–Crippen MR) is 82.9 cm³/mol. The lowest BCUT2D eigenvalue weighted by molar-refractivity contribution is -0.139. The van der Waals surface area contributed by atoms with Crippen molar-refractivity contribution in [2.24, 2.45) is 5.41 Å². The standard InChI is InChI=1S/C16H29N3O2/c1-3-7-16(8-9-17-12-16)15(21)18-13(2)14(20)19-10-5-4-6-11-19/h13,17H,3-12H2,1-2H3,(H,18,21). The number of nitrogens with zero attached hydrogens (tertiary/aromatic N) is 1. The number of carbonyl (C=O) groups excluding carboxylic acids is 2. The fourth-order valence-corrected chi connectivity index (χ4v) is 3.54. The van der Waals surface area contributed by atoms with Gasteiger partial charge in [0, 0.05) is 19.6 Å². The summed E-state index contributed by atoms with van der Waals surface area (Å²) >= 11 is 0. The Labute approximate surface area is 127 Å². The maximum atomic E-state index is 12.6. The summed E-state index contributed by atoms with van der Waals surface area (Å²) in [5.74, 6) is 0.118. The average molecular weight is 295 g/mol. The quantitative estimate of drug-likeness (QED) is 0.803. The van der Waals surface area contributed by atoms with Crippen molar-refractivity contribution in [2.75, 3.05) is 26.2 Å². The van der Waals surface area contributed by atoms with Crippen LogP contribution in [-0.2, 0) is 9.59 Å². The van der Waals surface area contributed by atoms with Crippen molar-refractivity contribution in [2.45, 2.75) is 58.4 Å². The van der Waals surface area contributed by atoms with Gasteiger partial charge < -0.3 is 15.5 Å². The van der Waals surface area contributed by atoms with Crippen LogP contribution >= 0.6 is 0 Å². The van der Waals surface area contributed by atoms with Crippen LogP contribution in [0.15, 0.2) is 0 Å². The minimum Gasteiger partial charge on any atom is -0.344 e. The molecule has 2 amide bonds. The van der Waals surface area contributed by atoms with Crippen LogP contribution in [-0.4, -0.2) is 48.9 Å². The van der Waals surface area contributed by atoms with Gasteiger partial charge in [-0.15, -0.1) is 0 Å². The minimum absolute atomic E-state index is 0.0483. The van der Waals surface area contributed by atoms with Crippen LogP contribution in [0.1, 0.15) is 52.4 Å². The monoisotopic (exact) mass is 295 g/mol. The molecule has 0 aromatic carbocycles. The Morgan fingerprint density at radius 3 is 2.57 bits per heavy atom. The molecule has 0 radical (unpaired) electrons. The lowest BCUT2D eigenvalue weighted by atomic mass is 9.81. The highest BCUT2D eigenvalue weighted by Crippen LogP contribution is 2.31. The van der Waals surface area contributed by atoms with Gasteiger partial charge in [-0.05, 0) is 45.6 Å². The van der Waals surface area contributed by atoms with Gasteiger partial charge in [0.1, 0.15) is 6.04 Å². The second kappa shape index (κ2) is 7.25. The molecule has 5 nitrogen and oxygen atoms in total. The van der Waals surface area contributed by atoms with Gasteiger partial charge in [0.2, 0.25) is 11.8 Å². The molecule has 2 saturated heterocycles. The van der Waals surface area contributed by atoms with E-state index in [4.69, 9.17) is 0 Å². The number of carbonyl (C=O) groups is 2. The fraction of sp³-hybridized carbons (Fsp3) is 0.875. The van der Waals surface area contributed by atoms with Crippen LogP contribution in [0.25, 0.3) is 0 Å². The van der Waals surface area contributed by atoms with Crippen LogP contribution in [0.5, 0.6) is 0 Å². The maximum absolute atomic E-state index is 12.6. The van der Waals surface area contributed by atoms with E-state index in [2.05, 4.69) is 17.6 Å². The molecule has 0 saturated carbocycles. The Morgan fingerprint density at radius 2 is 2.00 bits per heavy atom. The molecule has 2 aliphatic rings. The molecule has 2 aliphatic heterocycles. The Hall–Kier alpha value is -1.10. The second-order valence-corrected chi connectivity index (χ2v) is 6.54. The first-order chi connectivity index (χ1) is 10.1. The van der Waals surface area contributed by atoms with Crippen LogP contribution in [0.4, 0.5) is 0 Å². The molecule has 21 heavy (non-hydrogen) atoms. The SMILES string of the molecule is CCCC1(C(=O)NC(C)C(=O)N2CCCCC2)CCNC1. The van der Waals surface area contributed by atoms with Crippen molar-refractivity contribution >= 4 is 11.8 Å². The molecule has 2 rings (SSSR count). The molecule has 0 aromatic heterocycles. The highest BCUT2D eigenvalue weighted by atomic mass is 16.2. The summed E-state index contributed by atoms with van der Waals surface area (Å²) in [6.45, 7) is 7.22. The van der Waals surface area contributed by atoms with Crippen molar-refractivity contribution in [3.05, 3.63) is 0 Å². The topological polar surface area (TPSA) is 61.4 Å². The molecule has 0 bridgehead atoms. The summed E-state index contributed by atoms with van der Waals surface area (Å²) in [5.41, 5.74) is -0.314. The van der Waals surface area contributed by atoms with Gasteiger partial charge in [0.15, 0.2) is 0 Å². The van der Waals surface area contributed by atoms with Gasteiger partial charge in [0.05, 0.1) is 5.41 Å². The van der Waals surface area contributed by atoms with E-state index < -0.39 is 6.04 Å². The Morgan fingerprint density at radius 1 is 1.29 bits per heavy atom. The van der Waals surface area contributed by atoms with E-state index in [1.54, 1.807) is 0 Å². The molecule has 0 aliphatic carbocycles. The van der Waals surface area contributed by atoms with E-state index in [1.807, 2.05) is 11.8 Å². The smallest absolute Gasteiger partial charge is 0.244 e. The average Bonchev–Trinajstić information content (AvgIpc) is 2.97. The predicted octanol–water partition coefficient (Wildman–Crippen LogP) is 1.28. The first kappa shape index (κ1) is 16.3. The van der Waals surface area contributed by atoms with E-state index in [0.717, 1.165) is 58.3 Å². The van der Waals surface area contributed by atoms with E-state index in [0.29, 0.717) is 0 Å². The number of piperidine rings is 1. The van der Waals surface area contributed by atoms with Crippen LogP contribution in [0, 0.1) is 5.41 Å². The third kappa shape index (κ3) is 3.76. The van der Waals surface area contributed by atoms with E-state index in [-0.39, 0.29) is 17.2 Å². The molecule has 2 heterocycles. The molecular formula is C16H29N3O2. The molecule has 0 aromatic rings. The van der Waals surface area contributed by atoms with E-state index in [1.165, 1.54) is 6.42 Å². The van der Waals surface area contributed by atoms with Crippen LogP contribution < -0.4 is 10.6 Å². The Bertz CT molecular complexity index is 372. The van der Waals surface area contributed by atoms with Crippen molar-refractivity contribution < 1.29 is 9.59 Å². The van der Waals surface area contributed by atoms with Gasteiger partial charge in [0.25, 0.3) is 0 Å². The van der Waals surface area contributed by atoms with Crippen molar-refractivity contribution in [3.8, 4) is 0 Å². The molecular weight excluding hydrogens is 266 g/mol. The minimum atomic E-state index is -0.412. The molecule has 2 N–H and O–H groups in total. The summed E-state index contributed by atoms with van der Waals surface area (Å²) in [4.78, 5) is 26.9. The van der Waals surface area contributed by atoms with Gasteiger partial charge in [-0.25, -0.2) is 0 Å². The largest absolute Gasteiger partial charge is 0.344 e. The summed E-state index contributed by atoms with van der Waals surface area (Å²) in [6.07, 6.45) is 6.11. The highest BCUT2D eigenvalue weighted by molar-refractivity contribution is 5.90. The highest BCUT2D eigenvalue weighted by Gasteiger charge is 2.41. The lowest BCUT2D eigenvalue weighted by Gasteiger charge is -2.32. The lowest BCUT2D eigenvalue weighted by Crippen LogP contribution is -2.52. The van der Waals surface area contributed by atoms with Crippen molar-refractivity contribution in [1.82, 2.24) is 15.5 Å². The summed E-state index contributed by atoms with van der Waals surface area (Å²) < 4.78 is 0. The van der Waals surface area contributed by atoms with Crippen molar-refractivity contribution in [3.63, 3.8) is 0 Å². The number of nitrogens with one attached hydrogen (secondary N) is 2. The summed E-state index contributed by atoms with van der Waals surface area (Å²) in [6, 6.07) is -0.412. The van der Waals surface area contributed by atoms with Gasteiger partial charge >= 0.3 is 0 Å². The van der Waals surface area contributed by atoms with E-state index >= 15 is 0 Å². The summed E-state index contributed by atoms with van der Waals surface area (Å²) in [7, 11) is 0. The fourth-order valence-electron chi connectivity index (χ4n) is 3.54. The number of amides is 2. The molecule has 120 valence electrons. The molecule has 0 spiro atoms. The van der Waals surface area contributed by atoms with Crippen molar-refractivity contribution in [1.29, 1.82) is 0 Å². The normalized spacial score (nSPS) is 27.4. The van der Waals surface area contributed by atoms with Crippen LogP contribution in [0.2, 0.25) is 0 Å². The van der Waals surface area contributed by atoms with Gasteiger partial charge in [-0.2, -0.15) is 0 Å². The Balaban J connectivity index is 1.92. The zero-order valence-corrected chi connectivity index (χ0v) is 13.4. The number of hydrogen-bond donors (Lipinski definition) is 2. The zero-order valence-electron chi connectivity index (χ0n) is 13.4. The van der Waals surface area contributed by atoms with Crippen LogP contribution in [0.3, 0.4) is 0 Å². The second-order valence-electron chi connectivity index (χ2n) is 6.54. The molecule has 5 heteroatoms. The first-order valence-corrected chi connectivity index (χ1v) is 8.39. The third-order valence-electron chi connectivity index (χ3n) is 4.84. The maximum Gasteiger partial charge on any atom is 0.244 e. The number of rotatable bonds is 5. The molecule has 2 fully saturated rings. The van der Waals surface area contributed by atoms with E-state index in [9.17, 15) is 9.59 Å². The van der Waals surface area contributed by atoms with Gasteiger partial charge in [-0.3, -0.25) is 9.59 Å².